The molecule has 4 rings (SSSR count). The summed E-state index contributed by atoms with van der Waals surface area (Å²) in [6.45, 7) is 4.42. The van der Waals surface area contributed by atoms with Crippen LogP contribution >= 0.6 is 0 Å². The summed E-state index contributed by atoms with van der Waals surface area (Å²) in [5.74, 6) is 1.81. The van der Waals surface area contributed by atoms with Crippen LogP contribution in [-0.2, 0) is 10.0 Å². The summed E-state index contributed by atoms with van der Waals surface area (Å²) in [4.78, 5) is 12.0. The first-order valence-corrected chi connectivity index (χ1v) is 13.5. The molecule has 0 amide bonds. The van der Waals surface area contributed by atoms with E-state index >= 15 is 0 Å². The van der Waals surface area contributed by atoms with E-state index in [-0.39, 0.29) is 10.9 Å². The normalized spacial score (nSPS) is 15.9. The van der Waals surface area contributed by atoms with Crippen molar-refractivity contribution in [1.82, 2.24) is 19.2 Å². The van der Waals surface area contributed by atoms with E-state index in [1.807, 2.05) is 31.2 Å². The molecule has 1 atom stereocenters. The Balaban J connectivity index is 1.45. The predicted molar refractivity (Wildman–Crippen MR) is 136 cm³/mol. The molecule has 3 aromatic rings. The van der Waals surface area contributed by atoms with E-state index in [0.717, 1.165) is 23.7 Å². The molecule has 36 heavy (non-hydrogen) atoms. The number of sulfonamides is 1. The van der Waals surface area contributed by atoms with Crippen LogP contribution in [0, 0.1) is 11.3 Å². The maximum absolute atomic E-state index is 13.1. The zero-order valence-electron chi connectivity index (χ0n) is 20.6. The van der Waals surface area contributed by atoms with Gasteiger partial charge in [0.25, 0.3) is 0 Å². The lowest BCUT2D eigenvalue weighted by Gasteiger charge is -2.36. The number of aromatic nitrogens is 2. The highest BCUT2D eigenvalue weighted by Crippen LogP contribution is 2.28. The third kappa shape index (κ3) is 5.75. The maximum atomic E-state index is 13.1. The molecule has 1 aliphatic heterocycles. The van der Waals surface area contributed by atoms with E-state index in [1.54, 1.807) is 31.4 Å². The van der Waals surface area contributed by atoms with Crippen molar-refractivity contribution in [1.29, 1.82) is 5.26 Å². The number of hydrogen-bond acceptors (Lipinski definition) is 8. The van der Waals surface area contributed by atoms with Crippen LogP contribution in [0.15, 0.2) is 53.4 Å². The lowest BCUT2D eigenvalue weighted by molar-refractivity contribution is 0.140. The molecular formula is C26H31N5O4S. The first-order valence-electron chi connectivity index (χ1n) is 12.1. The van der Waals surface area contributed by atoms with Crippen LogP contribution in [0.25, 0.3) is 10.9 Å². The third-order valence-electron chi connectivity index (χ3n) is 6.40. The van der Waals surface area contributed by atoms with Gasteiger partial charge in [-0.1, -0.05) is 12.1 Å². The second kappa shape index (κ2) is 11.6. The molecule has 0 radical (unpaired) electrons. The van der Waals surface area contributed by atoms with Gasteiger partial charge in [-0.2, -0.15) is 14.6 Å². The zero-order chi connectivity index (χ0) is 25.5. The van der Waals surface area contributed by atoms with Crippen LogP contribution in [0.4, 0.5) is 0 Å². The Bertz CT molecular complexity index is 1320. The molecular weight excluding hydrogens is 478 g/mol. The monoisotopic (exact) mass is 509 g/mol. The van der Waals surface area contributed by atoms with Crippen molar-refractivity contribution in [3.8, 4) is 17.7 Å². The van der Waals surface area contributed by atoms with Crippen LogP contribution < -0.4 is 9.47 Å². The van der Waals surface area contributed by atoms with Crippen molar-refractivity contribution in [2.45, 2.75) is 37.1 Å². The van der Waals surface area contributed by atoms with E-state index in [4.69, 9.17) is 24.7 Å². The third-order valence-corrected chi connectivity index (χ3v) is 8.31. The number of nitrogens with zero attached hydrogens (tertiary/aromatic N) is 5. The number of hydrogen-bond donors (Lipinski definition) is 0. The molecule has 0 aliphatic carbocycles. The highest BCUT2D eigenvalue weighted by Gasteiger charge is 2.31. The van der Waals surface area contributed by atoms with E-state index < -0.39 is 10.0 Å². The molecule has 0 spiro atoms. The van der Waals surface area contributed by atoms with Gasteiger partial charge in [0.15, 0.2) is 0 Å². The smallest absolute Gasteiger partial charge is 0.243 e. The number of piperazine rings is 1. The maximum Gasteiger partial charge on any atom is 0.243 e. The van der Waals surface area contributed by atoms with Crippen molar-refractivity contribution >= 4 is 20.9 Å². The first-order chi connectivity index (χ1) is 17.4. The van der Waals surface area contributed by atoms with Crippen LogP contribution in [0.5, 0.6) is 11.6 Å². The fraction of sp³-hybridized carbons (Fsp3) is 0.423. The fourth-order valence-corrected chi connectivity index (χ4v) is 5.65. The number of ether oxygens (including phenoxy) is 2. The van der Waals surface area contributed by atoms with Gasteiger partial charge in [-0.3, -0.25) is 4.90 Å². The summed E-state index contributed by atoms with van der Waals surface area (Å²) in [5, 5.41) is 9.58. The highest BCUT2D eigenvalue weighted by atomic mass is 32.2. The molecule has 1 aromatic heterocycles. The minimum atomic E-state index is -3.57. The van der Waals surface area contributed by atoms with E-state index in [9.17, 15) is 8.42 Å². The fourth-order valence-electron chi connectivity index (χ4n) is 4.23. The van der Waals surface area contributed by atoms with Crippen molar-refractivity contribution in [2.24, 2.45) is 0 Å². The van der Waals surface area contributed by atoms with Crippen LogP contribution in [0.2, 0.25) is 0 Å². The van der Waals surface area contributed by atoms with Gasteiger partial charge in [-0.05, 0) is 56.2 Å². The molecule has 0 N–H and O–H groups in total. The van der Waals surface area contributed by atoms with Gasteiger partial charge in [0.1, 0.15) is 11.6 Å². The van der Waals surface area contributed by atoms with Crippen LogP contribution in [0.3, 0.4) is 0 Å². The number of methoxy groups -OCH3 is 1. The number of para-hydroxylation sites is 1. The van der Waals surface area contributed by atoms with E-state index in [2.05, 4.69) is 11.0 Å². The highest BCUT2D eigenvalue weighted by molar-refractivity contribution is 7.89. The number of fused-ring (bicyclic) bond motifs is 1. The Morgan fingerprint density at radius 2 is 1.75 bits per heavy atom. The standard InChI is InChI=1S/C26H31N5O4S/c1-20(25-28-24-9-5-4-8-23(24)26(29-25)35-19-7-3-6-14-27)30-15-17-31(18-16-30)36(32,33)22-12-10-21(34-2)11-13-22/h4-5,8-13,20H,3,6-7,15-19H2,1-2H3. The predicted octanol–water partition coefficient (Wildman–Crippen LogP) is 3.78. The summed E-state index contributed by atoms with van der Waals surface area (Å²) in [7, 11) is -2.02. The number of unbranched alkanes of at least 4 members (excludes halogenated alkanes) is 2. The number of rotatable bonds is 10. The van der Waals surface area contributed by atoms with E-state index in [0.29, 0.717) is 56.7 Å². The molecule has 190 valence electrons. The number of nitriles is 1. The summed E-state index contributed by atoms with van der Waals surface area (Å²) in [6.07, 6.45) is 2.07. The van der Waals surface area contributed by atoms with Gasteiger partial charge in [-0.15, -0.1) is 0 Å². The molecule has 1 saturated heterocycles. The van der Waals surface area contributed by atoms with Gasteiger partial charge in [0, 0.05) is 32.6 Å². The summed E-state index contributed by atoms with van der Waals surface area (Å²) in [5.41, 5.74) is 0.807. The van der Waals surface area contributed by atoms with E-state index in [1.165, 1.54) is 4.31 Å². The zero-order valence-corrected chi connectivity index (χ0v) is 21.4. The lowest BCUT2D eigenvalue weighted by Crippen LogP contribution is -2.49. The minimum Gasteiger partial charge on any atom is -0.497 e. The summed E-state index contributed by atoms with van der Waals surface area (Å²) >= 11 is 0. The molecule has 1 fully saturated rings. The lowest BCUT2D eigenvalue weighted by atomic mass is 10.2. The molecule has 0 saturated carbocycles. The van der Waals surface area contributed by atoms with Crippen molar-refractivity contribution < 1.29 is 17.9 Å². The molecule has 10 heteroatoms. The molecule has 1 aliphatic rings. The molecule has 9 nitrogen and oxygen atoms in total. The summed E-state index contributed by atoms with van der Waals surface area (Å²) in [6, 6.07) is 16.3. The second-order valence-corrected chi connectivity index (χ2v) is 10.6. The molecule has 2 aromatic carbocycles. The van der Waals surface area contributed by atoms with Crippen LogP contribution in [0.1, 0.15) is 38.1 Å². The van der Waals surface area contributed by atoms with Crippen molar-refractivity contribution in [3.05, 3.63) is 54.4 Å². The van der Waals surface area contributed by atoms with Gasteiger partial charge >= 0.3 is 0 Å². The largest absolute Gasteiger partial charge is 0.497 e. The SMILES string of the molecule is COc1ccc(S(=O)(=O)N2CCN(C(C)c3nc(OCCCCC#N)c4ccccc4n3)CC2)cc1. The number of benzene rings is 2. The van der Waals surface area contributed by atoms with Gasteiger partial charge < -0.3 is 9.47 Å². The Hall–Kier alpha value is -3.26. The van der Waals surface area contributed by atoms with Crippen molar-refractivity contribution in [2.75, 3.05) is 39.9 Å². The first kappa shape index (κ1) is 25.8. The summed E-state index contributed by atoms with van der Waals surface area (Å²) < 4.78 is 38.8. The molecule has 1 unspecified atom stereocenters. The van der Waals surface area contributed by atoms with Gasteiger partial charge in [0.2, 0.25) is 15.9 Å². The van der Waals surface area contributed by atoms with Crippen LogP contribution in [-0.4, -0.2) is 67.5 Å². The molecule has 2 heterocycles. The topological polar surface area (TPSA) is 109 Å². The minimum absolute atomic E-state index is 0.110. The Morgan fingerprint density at radius 1 is 1.03 bits per heavy atom. The van der Waals surface area contributed by atoms with Gasteiger partial charge in [0.05, 0.1) is 41.6 Å². The molecule has 0 bridgehead atoms. The Kier molecular flexibility index (Phi) is 8.36. The van der Waals surface area contributed by atoms with Gasteiger partial charge in [-0.25, -0.2) is 13.4 Å². The Morgan fingerprint density at radius 3 is 2.44 bits per heavy atom. The second-order valence-electron chi connectivity index (χ2n) is 8.66. The average molecular weight is 510 g/mol. The van der Waals surface area contributed by atoms with Crippen molar-refractivity contribution in [3.63, 3.8) is 0 Å². The Labute approximate surface area is 212 Å². The quantitative estimate of drug-likeness (QED) is 0.380. The average Bonchev–Trinajstić information content (AvgIpc) is 2.92.